The van der Waals surface area contributed by atoms with E-state index < -0.39 is 15.8 Å². The van der Waals surface area contributed by atoms with Crippen molar-refractivity contribution in [2.45, 2.75) is 23.6 Å². The van der Waals surface area contributed by atoms with Crippen LogP contribution in [0.3, 0.4) is 0 Å². The van der Waals surface area contributed by atoms with Crippen LogP contribution in [0.1, 0.15) is 13.3 Å². The summed E-state index contributed by atoms with van der Waals surface area (Å²) >= 11 is 6.09. The fraction of sp³-hybridized carbons (Fsp3) is 0.545. The molecule has 4 nitrogen and oxygen atoms in total. The van der Waals surface area contributed by atoms with E-state index in [4.69, 9.17) is 11.6 Å². The number of halogens is 2. The minimum atomic E-state index is -3.69. The molecular formula is C11H14ClFN2O2S. The molecule has 2 heterocycles. The van der Waals surface area contributed by atoms with E-state index in [9.17, 15) is 12.8 Å². The van der Waals surface area contributed by atoms with Gasteiger partial charge < -0.3 is 0 Å². The van der Waals surface area contributed by atoms with Gasteiger partial charge in [0.25, 0.3) is 0 Å². The van der Waals surface area contributed by atoms with Gasteiger partial charge in [0, 0.05) is 24.7 Å². The van der Waals surface area contributed by atoms with Crippen LogP contribution < -0.4 is 0 Å². The van der Waals surface area contributed by atoms with Crippen LogP contribution in [0.25, 0.3) is 0 Å². The van der Waals surface area contributed by atoms with Crippen LogP contribution in [-0.2, 0) is 10.0 Å². The van der Waals surface area contributed by atoms with E-state index in [0.29, 0.717) is 13.0 Å². The Morgan fingerprint density at radius 3 is 2.83 bits per heavy atom. The number of piperidine rings is 1. The summed E-state index contributed by atoms with van der Waals surface area (Å²) in [6, 6.07) is 0.976. The molecule has 0 aromatic carbocycles. The lowest BCUT2D eigenvalue weighted by atomic mass is 10.0. The Balaban J connectivity index is 2.27. The zero-order chi connectivity index (χ0) is 13.3. The lowest BCUT2D eigenvalue weighted by molar-refractivity contribution is 0.293. The second-order valence-electron chi connectivity index (χ2n) is 4.48. The summed E-state index contributed by atoms with van der Waals surface area (Å²) in [5.74, 6) is -0.382. The Morgan fingerprint density at radius 2 is 2.22 bits per heavy atom. The summed E-state index contributed by atoms with van der Waals surface area (Å²) in [4.78, 5) is 3.44. The Labute approximate surface area is 111 Å². The minimum absolute atomic E-state index is 0.124. The van der Waals surface area contributed by atoms with Crippen LogP contribution in [0.15, 0.2) is 23.4 Å². The van der Waals surface area contributed by atoms with Gasteiger partial charge in [0.1, 0.15) is 10.7 Å². The van der Waals surface area contributed by atoms with E-state index in [1.54, 1.807) is 0 Å². The van der Waals surface area contributed by atoms with E-state index in [1.807, 2.05) is 6.92 Å². The van der Waals surface area contributed by atoms with Gasteiger partial charge in [-0.2, -0.15) is 4.31 Å². The average Bonchev–Trinajstić information content (AvgIpc) is 2.32. The highest BCUT2D eigenvalue weighted by atomic mass is 35.5. The Hall–Kier alpha value is -0.720. The Morgan fingerprint density at radius 1 is 1.50 bits per heavy atom. The number of alkyl halides is 1. The Bertz CT molecular complexity index is 538. The monoisotopic (exact) mass is 292 g/mol. The molecule has 0 amide bonds. The van der Waals surface area contributed by atoms with E-state index in [2.05, 4.69) is 4.98 Å². The van der Waals surface area contributed by atoms with Crippen molar-refractivity contribution in [3.63, 3.8) is 0 Å². The zero-order valence-electron chi connectivity index (χ0n) is 9.88. The van der Waals surface area contributed by atoms with Gasteiger partial charge in [-0.25, -0.2) is 12.8 Å². The molecule has 0 bridgehead atoms. The molecule has 1 saturated heterocycles. The highest BCUT2D eigenvalue weighted by molar-refractivity contribution is 7.89. The first-order chi connectivity index (χ1) is 8.41. The number of sulfonamides is 1. The number of hydrogen-bond acceptors (Lipinski definition) is 3. The van der Waals surface area contributed by atoms with Crippen molar-refractivity contribution in [1.29, 1.82) is 0 Å². The van der Waals surface area contributed by atoms with E-state index in [1.165, 1.54) is 4.31 Å². The van der Waals surface area contributed by atoms with Gasteiger partial charge in [-0.1, -0.05) is 6.92 Å². The first-order valence-electron chi connectivity index (χ1n) is 5.66. The minimum Gasteiger partial charge on any atom is -0.260 e. The highest BCUT2D eigenvalue weighted by Gasteiger charge is 2.33. The van der Waals surface area contributed by atoms with Gasteiger partial charge in [-0.15, -0.1) is 11.6 Å². The van der Waals surface area contributed by atoms with Crippen molar-refractivity contribution >= 4 is 21.6 Å². The molecule has 2 rings (SSSR count). The largest absolute Gasteiger partial charge is 0.260 e. The lowest BCUT2D eigenvalue weighted by Gasteiger charge is -2.32. The van der Waals surface area contributed by atoms with Crippen molar-refractivity contribution in [2.24, 2.45) is 5.92 Å². The molecule has 1 aromatic rings. The van der Waals surface area contributed by atoms with Crippen LogP contribution in [0.5, 0.6) is 0 Å². The fourth-order valence-corrected chi connectivity index (χ4v) is 3.73. The van der Waals surface area contributed by atoms with Crippen molar-refractivity contribution < 1.29 is 12.8 Å². The van der Waals surface area contributed by atoms with Gasteiger partial charge in [0.15, 0.2) is 0 Å². The first-order valence-corrected chi connectivity index (χ1v) is 7.53. The van der Waals surface area contributed by atoms with Crippen molar-refractivity contribution in [2.75, 3.05) is 13.1 Å². The van der Waals surface area contributed by atoms with E-state index >= 15 is 0 Å². The highest BCUT2D eigenvalue weighted by Crippen LogP contribution is 2.26. The molecule has 2 unspecified atom stereocenters. The summed E-state index contributed by atoms with van der Waals surface area (Å²) in [5.41, 5.74) is 0. The second kappa shape index (κ2) is 5.11. The molecule has 100 valence electrons. The Kier molecular flexibility index (Phi) is 3.89. The summed E-state index contributed by atoms with van der Waals surface area (Å²) in [5, 5.41) is -0.213. The average molecular weight is 293 g/mol. The molecule has 7 heteroatoms. The molecule has 1 aromatic heterocycles. The first kappa shape index (κ1) is 13.7. The normalized spacial score (nSPS) is 26.2. The number of nitrogens with zero attached hydrogens (tertiary/aromatic N) is 2. The summed E-state index contributed by atoms with van der Waals surface area (Å²) in [7, 11) is -3.69. The maximum absolute atomic E-state index is 13.0. The molecule has 1 fully saturated rings. The van der Waals surface area contributed by atoms with Crippen LogP contribution in [0.4, 0.5) is 4.39 Å². The SMILES string of the molecule is CC1CCN(S(=O)(=O)c2cncc(F)c2)CC1Cl. The molecule has 0 radical (unpaired) electrons. The smallest absolute Gasteiger partial charge is 0.244 e. The third-order valence-corrected chi connectivity index (χ3v) is 5.55. The lowest BCUT2D eigenvalue weighted by Crippen LogP contribution is -2.43. The molecule has 1 aliphatic heterocycles. The molecule has 0 N–H and O–H groups in total. The van der Waals surface area contributed by atoms with Crippen molar-refractivity contribution in [3.8, 4) is 0 Å². The van der Waals surface area contributed by atoms with Gasteiger partial charge >= 0.3 is 0 Å². The third kappa shape index (κ3) is 2.65. The summed E-state index contributed by atoms with van der Waals surface area (Å²) in [6.07, 6.45) is 2.83. The second-order valence-corrected chi connectivity index (χ2v) is 6.98. The van der Waals surface area contributed by atoms with Crippen LogP contribution in [0, 0.1) is 11.7 Å². The van der Waals surface area contributed by atoms with Crippen molar-refractivity contribution in [3.05, 3.63) is 24.3 Å². The fourth-order valence-electron chi connectivity index (χ4n) is 1.90. The maximum atomic E-state index is 13.0. The molecule has 0 aliphatic carbocycles. The number of hydrogen-bond donors (Lipinski definition) is 0. The molecule has 1 aliphatic rings. The predicted molar refractivity (Wildman–Crippen MR) is 66.4 cm³/mol. The molecule has 18 heavy (non-hydrogen) atoms. The summed E-state index contributed by atoms with van der Waals surface area (Å²) < 4.78 is 38.8. The van der Waals surface area contributed by atoms with Gasteiger partial charge in [0.05, 0.1) is 6.20 Å². The molecule has 0 spiro atoms. The number of aromatic nitrogens is 1. The van der Waals surface area contributed by atoms with Crippen LogP contribution in [0.2, 0.25) is 0 Å². The maximum Gasteiger partial charge on any atom is 0.244 e. The number of rotatable bonds is 2. The predicted octanol–water partition coefficient (Wildman–Crippen LogP) is 1.86. The van der Waals surface area contributed by atoms with E-state index in [0.717, 1.165) is 18.5 Å². The quantitative estimate of drug-likeness (QED) is 0.782. The topological polar surface area (TPSA) is 50.3 Å². The molecule has 2 atom stereocenters. The van der Waals surface area contributed by atoms with Crippen LogP contribution >= 0.6 is 11.6 Å². The van der Waals surface area contributed by atoms with Crippen LogP contribution in [-0.4, -0.2) is 36.2 Å². The number of pyridine rings is 1. The summed E-state index contributed by atoms with van der Waals surface area (Å²) in [6.45, 7) is 2.65. The van der Waals surface area contributed by atoms with Gasteiger partial charge in [-0.3, -0.25) is 4.98 Å². The molecule has 0 saturated carbocycles. The van der Waals surface area contributed by atoms with Gasteiger partial charge in [-0.05, 0) is 18.4 Å². The standard InChI is InChI=1S/C11H14ClFN2O2S/c1-8-2-3-15(7-11(8)12)18(16,17)10-4-9(13)5-14-6-10/h4-6,8,11H,2-3,7H2,1H3. The van der Waals surface area contributed by atoms with Gasteiger partial charge in [0.2, 0.25) is 10.0 Å². The van der Waals surface area contributed by atoms with Crippen molar-refractivity contribution in [1.82, 2.24) is 9.29 Å². The zero-order valence-corrected chi connectivity index (χ0v) is 11.5. The molecular weight excluding hydrogens is 279 g/mol. The van der Waals surface area contributed by atoms with E-state index in [-0.39, 0.29) is 22.7 Å². The third-order valence-electron chi connectivity index (χ3n) is 3.15.